The van der Waals surface area contributed by atoms with E-state index in [-0.39, 0.29) is 19.6 Å². The highest BCUT2D eigenvalue weighted by Gasteiger charge is 2.26. The lowest BCUT2D eigenvalue weighted by Crippen LogP contribution is -2.53. The minimum atomic E-state index is -1.03. The Bertz CT molecular complexity index is 1420. The molecule has 4 rings (SSSR count). The molecule has 4 amide bonds. The van der Waals surface area contributed by atoms with E-state index in [2.05, 4.69) is 21.3 Å². The molecule has 0 saturated heterocycles. The second-order valence-corrected chi connectivity index (χ2v) is 9.75. The van der Waals surface area contributed by atoms with Crippen LogP contribution in [0.3, 0.4) is 0 Å². The number of Topliss-reactive ketones (excluding diaryl/α,β-unsaturated/α-hetero) is 1. The zero-order valence-electron chi connectivity index (χ0n) is 22.6. The van der Waals surface area contributed by atoms with Gasteiger partial charge in [0.05, 0.1) is 6.54 Å². The van der Waals surface area contributed by atoms with Crippen LogP contribution in [0.5, 0.6) is 0 Å². The molecule has 0 aliphatic carbocycles. The van der Waals surface area contributed by atoms with Crippen LogP contribution in [-0.2, 0) is 43.5 Å². The molecule has 212 valence electrons. The Hall–Kier alpha value is -4.99. The predicted octanol–water partition coefficient (Wildman–Crippen LogP) is 2.40. The van der Waals surface area contributed by atoms with Crippen LogP contribution in [0.4, 0.5) is 4.79 Å². The number of aryl methyl sites for hydroxylation is 1. The lowest BCUT2D eigenvalue weighted by Gasteiger charge is -2.21. The van der Waals surface area contributed by atoms with Gasteiger partial charge in [0.1, 0.15) is 18.7 Å². The number of amides is 4. The zero-order chi connectivity index (χ0) is 29.2. The van der Waals surface area contributed by atoms with Crippen LogP contribution in [0.1, 0.15) is 30.0 Å². The summed E-state index contributed by atoms with van der Waals surface area (Å²) in [5, 5.41) is 10.1. The number of carbonyl (C=O) groups excluding carboxylic acids is 5. The Morgan fingerprint density at radius 3 is 2.27 bits per heavy atom. The number of hydrogen-bond acceptors (Lipinski definition) is 6. The van der Waals surface area contributed by atoms with Crippen LogP contribution in [0.2, 0.25) is 0 Å². The summed E-state index contributed by atoms with van der Waals surface area (Å²) in [4.78, 5) is 62.8. The largest absolute Gasteiger partial charge is 0.445 e. The molecule has 0 spiro atoms. The van der Waals surface area contributed by atoms with Crippen molar-refractivity contribution in [3.63, 3.8) is 0 Å². The Morgan fingerprint density at radius 2 is 1.54 bits per heavy atom. The molecule has 10 heteroatoms. The number of carbonyl (C=O) groups is 5. The fourth-order valence-corrected chi connectivity index (χ4v) is 4.30. The topological polar surface area (TPSA) is 143 Å². The van der Waals surface area contributed by atoms with Gasteiger partial charge in [-0.1, -0.05) is 72.8 Å². The van der Waals surface area contributed by atoms with Crippen LogP contribution < -0.4 is 21.3 Å². The van der Waals surface area contributed by atoms with E-state index in [4.69, 9.17) is 4.74 Å². The molecule has 0 saturated carbocycles. The van der Waals surface area contributed by atoms with Gasteiger partial charge in [0.2, 0.25) is 17.6 Å². The molecule has 4 N–H and O–H groups in total. The van der Waals surface area contributed by atoms with E-state index in [1.165, 1.54) is 6.92 Å². The summed E-state index contributed by atoms with van der Waals surface area (Å²) in [6.45, 7) is 1.14. The SMILES string of the molecule is C[C@@H]1NC(=O)OCc2cccc(c2)-c2cccc(c2)CCC(C(=O)NCC(=O)C(=O)NCc2ccccc2)NC1=O. The lowest BCUT2D eigenvalue weighted by atomic mass is 9.98. The minimum Gasteiger partial charge on any atom is -0.445 e. The molecule has 0 fully saturated rings. The van der Waals surface area contributed by atoms with Crippen molar-refractivity contribution in [1.82, 2.24) is 21.3 Å². The molecule has 0 radical (unpaired) electrons. The highest BCUT2D eigenvalue weighted by molar-refractivity contribution is 6.37. The van der Waals surface area contributed by atoms with Crippen molar-refractivity contribution in [3.8, 4) is 11.1 Å². The molecule has 3 aromatic rings. The molecule has 1 aliphatic rings. The first-order valence-corrected chi connectivity index (χ1v) is 13.3. The highest BCUT2D eigenvalue weighted by Crippen LogP contribution is 2.23. The summed E-state index contributed by atoms with van der Waals surface area (Å²) in [5.41, 5.74) is 4.47. The standard InChI is InChI=1S/C31H32N4O6/c1-20-28(37)35-26(29(38)33-18-27(36)30(39)32-17-22-7-3-2-4-8-22)14-13-21-9-5-11-24(15-21)25-12-6-10-23(16-25)19-41-31(40)34-20/h2-12,15-16,20,26H,13-14,17-19H2,1H3,(H,32,39)(H,33,38)(H,34,40)(H,35,37)/t20-,26?/m0/s1. The number of benzene rings is 3. The van der Waals surface area contributed by atoms with Gasteiger partial charge in [0.15, 0.2) is 0 Å². The molecular formula is C31H32N4O6. The van der Waals surface area contributed by atoms with Crippen molar-refractivity contribution in [3.05, 3.63) is 95.6 Å². The average molecular weight is 557 g/mol. The van der Waals surface area contributed by atoms with Crippen LogP contribution in [0, 0.1) is 0 Å². The van der Waals surface area contributed by atoms with Gasteiger partial charge in [-0.2, -0.15) is 0 Å². The minimum absolute atomic E-state index is 0.0195. The van der Waals surface area contributed by atoms with Crippen LogP contribution in [0.25, 0.3) is 11.1 Å². The summed E-state index contributed by atoms with van der Waals surface area (Å²) < 4.78 is 5.28. The van der Waals surface area contributed by atoms with Crippen molar-refractivity contribution in [2.45, 2.75) is 45.0 Å². The van der Waals surface area contributed by atoms with Crippen LogP contribution in [0.15, 0.2) is 78.9 Å². The molecule has 0 aromatic heterocycles. The second kappa shape index (κ2) is 13.9. The van der Waals surface area contributed by atoms with Gasteiger partial charge in [-0.05, 0) is 53.6 Å². The van der Waals surface area contributed by atoms with Gasteiger partial charge in [-0.3, -0.25) is 19.2 Å². The van der Waals surface area contributed by atoms with Crippen molar-refractivity contribution < 1.29 is 28.7 Å². The average Bonchev–Trinajstić information content (AvgIpc) is 2.99. The number of nitrogens with one attached hydrogen (secondary N) is 4. The number of cyclic esters (lactones) is 1. The van der Waals surface area contributed by atoms with Crippen molar-refractivity contribution in [1.29, 1.82) is 0 Å². The summed E-state index contributed by atoms with van der Waals surface area (Å²) in [6, 6.07) is 22.5. The smallest absolute Gasteiger partial charge is 0.408 e. The first-order chi connectivity index (χ1) is 19.8. The third-order valence-corrected chi connectivity index (χ3v) is 6.61. The summed E-state index contributed by atoms with van der Waals surface area (Å²) >= 11 is 0. The monoisotopic (exact) mass is 556 g/mol. The van der Waals surface area contributed by atoms with E-state index >= 15 is 0 Å². The van der Waals surface area contributed by atoms with E-state index < -0.39 is 48.2 Å². The number of fused-ring (bicyclic) bond motifs is 5. The maximum atomic E-state index is 13.1. The van der Waals surface area contributed by atoms with Crippen molar-refractivity contribution in [2.24, 2.45) is 0 Å². The van der Waals surface area contributed by atoms with Gasteiger partial charge in [0.25, 0.3) is 5.91 Å². The van der Waals surface area contributed by atoms with Gasteiger partial charge in [0, 0.05) is 6.54 Å². The summed E-state index contributed by atoms with van der Waals surface area (Å²) in [6.07, 6.45) is -0.117. The maximum Gasteiger partial charge on any atom is 0.408 e. The molecule has 4 bridgehead atoms. The first-order valence-electron chi connectivity index (χ1n) is 13.3. The number of ether oxygens (including phenoxy) is 1. The number of rotatable bonds is 6. The Labute approximate surface area is 237 Å². The third-order valence-electron chi connectivity index (χ3n) is 6.61. The van der Waals surface area contributed by atoms with Gasteiger partial charge >= 0.3 is 6.09 Å². The Kier molecular flexibility index (Phi) is 9.82. The van der Waals surface area contributed by atoms with E-state index in [9.17, 15) is 24.0 Å². The number of ketones is 1. The number of alkyl carbamates (subject to hydrolysis) is 1. The van der Waals surface area contributed by atoms with E-state index in [0.29, 0.717) is 6.42 Å². The van der Waals surface area contributed by atoms with Gasteiger partial charge in [-0.25, -0.2) is 4.79 Å². The predicted molar refractivity (Wildman–Crippen MR) is 151 cm³/mol. The third kappa shape index (κ3) is 8.50. The molecule has 2 atom stereocenters. The summed E-state index contributed by atoms with van der Waals surface area (Å²) in [7, 11) is 0. The molecular weight excluding hydrogens is 524 g/mol. The van der Waals surface area contributed by atoms with Crippen LogP contribution in [-0.4, -0.2) is 48.2 Å². The molecule has 10 nitrogen and oxygen atoms in total. The fourth-order valence-electron chi connectivity index (χ4n) is 4.30. The van der Waals surface area contributed by atoms with E-state index in [0.717, 1.165) is 27.8 Å². The quantitative estimate of drug-likeness (QED) is 0.344. The highest BCUT2D eigenvalue weighted by atomic mass is 16.5. The fraction of sp³-hybridized carbons (Fsp3) is 0.258. The molecule has 1 aliphatic heterocycles. The van der Waals surface area contributed by atoms with E-state index in [1.54, 1.807) is 0 Å². The molecule has 3 aromatic carbocycles. The van der Waals surface area contributed by atoms with Gasteiger partial charge < -0.3 is 26.0 Å². The Balaban J connectivity index is 1.45. The zero-order valence-corrected chi connectivity index (χ0v) is 22.6. The number of hydrogen-bond donors (Lipinski definition) is 4. The summed E-state index contributed by atoms with van der Waals surface area (Å²) in [5.74, 6) is -2.87. The molecule has 1 heterocycles. The van der Waals surface area contributed by atoms with E-state index in [1.807, 2.05) is 78.9 Å². The molecule has 1 unspecified atom stereocenters. The normalized spacial score (nSPS) is 17.3. The van der Waals surface area contributed by atoms with Gasteiger partial charge in [-0.15, -0.1) is 0 Å². The van der Waals surface area contributed by atoms with Crippen molar-refractivity contribution >= 4 is 29.6 Å². The van der Waals surface area contributed by atoms with Crippen LogP contribution >= 0.6 is 0 Å². The second-order valence-electron chi connectivity index (χ2n) is 9.75. The van der Waals surface area contributed by atoms with Crippen molar-refractivity contribution in [2.75, 3.05) is 6.54 Å². The lowest BCUT2D eigenvalue weighted by molar-refractivity contribution is -0.138. The maximum absolute atomic E-state index is 13.1. The first kappa shape index (κ1) is 29.0. The molecule has 41 heavy (non-hydrogen) atoms. The Morgan fingerprint density at radius 1 is 0.854 bits per heavy atom.